The summed E-state index contributed by atoms with van der Waals surface area (Å²) < 4.78 is 70.7. The molecule has 0 unspecified atom stereocenters. The largest absolute Gasteiger partial charge is 0.490 e. The molecule has 4 rings (SSSR count). The zero-order valence-electron chi connectivity index (χ0n) is 15.5. The van der Waals surface area contributed by atoms with Crippen LogP contribution in [0, 0.1) is 0 Å². The fourth-order valence-corrected chi connectivity index (χ4v) is 4.20. The van der Waals surface area contributed by atoms with Crippen LogP contribution >= 0.6 is 11.3 Å². The molecule has 0 amide bonds. The van der Waals surface area contributed by atoms with E-state index in [1.165, 1.54) is 11.3 Å². The van der Waals surface area contributed by atoms with Crippen molar-refractivity contribution >= 4 is 27.2 Å². The van der Waals surface area contributed by atoms with Crippen LogP contribution in [-0.4, -0.2) is 30.4 Å². The van der Waals surface area contributed by atoms with Gasteiger partial charge >= 0.3 is 12.1 Å². The summed E-state index contributed by atoms with van der Waals surface area (Å²) in [6.45, 7) is 1.20. The summed E-state index contributed by atoms with van der Waals surface area (Å²) in [5, 5.41) is 11.9. The van der Waals surface area contributed by atoms with Crippen LogP contribution in [0.1, 0.15) is 18.4 Å². The Morgan fingerprint density at radius 3 is 2.33 bits per heavy atom. The number of nitrogens with zero attached hydrogens (tertiary/aromatic N) is 2. The van der Waals surface area contributed by atoms with E-state index in [9.17, 15) is 27.1 Å². The summed E-state index contributed by atoms with van der Waals surface area (Å²) in [6, 6.07) is 6.83. The molecule has 1 saturated heterocycles. The van der Waals surface area contributed by atoms with Crippen LogP contribution in [-0.2, 0) is 11.0 Å². The molecule has 0 aliphatic carbocycles. The van der Waals surface area contributed by atoms with Crippen molar-refractivity contribution in [1.82, 2.24) is 4.98 Å². The maximum absolute atomic E-state index is 13.4. The third-order valence-corrected chi connectivity index (χ3v) is 5.82. The van der Waals surface area contributed by atoms with Crippen LogP contribution in [0.3, 0.4) is 0 Å². The van der Waals surface area contributed by atoms with E-state index in [0.29, 0.717) is 25.9 Å². The Morgan fingerprint density at radius 2 is 1.70 bits per heavy atom. The zero-order valence-corrected chi connectivity index (χ0v) is 16.3. The number of halogens is 5. The first-order chi connectivity index (χ1) is 14.1. The number of fused-ring (bicyclic) bond motifs is 1. The van der Waals surface area contributed by atoms with E-state index in [1.54, 1.807) is 17.6 Å². The second kappa shape index (κ2) is 7.57. The smallest absolute Gasteiger partial charge is 0.458 e. The lowest BCUT2D eigenvalue weighted by molar-refractivity contribution is -0.289. The van der Waals surface area contributed by atoms with Crippen molar-refractivity contribution in [1.29, 1.82) is 0 Å². The highest BCUT2D eigenvalue weighted by Gasteiger charge is 2.58. The Hall–Kier alpha value is -2.62. The normalized spacial score (nSPS) is 16.2. The third-order valence-electron chi connectivity index (χ3n) is 5.05. The van der Waals surface area contributed by atoms with E-state index in [0.717, 1.165) is 40.2 Å². The summed E-state index contributed by atoms with van der Waals surface area (Å²) in [5.74, 6) is -4.76. The maximum Gasteiger partial charge on any atom is 0.458 e. The predicted molar refractivity (Wildman–Crippen MR) is 102 cm³/mol. The van der Waals surface area contributed by atoms with Gasteiger partial charge in [0, 0.05) is 43.6 Å². The number of rotatable bonds is 4. The number of piperidine rings is 1. The molecule has 10 heteroatoms. The molecule has 1 fully saturated rings. The van der Waals surface area contributed by atoms with Crippen molar-refractivity contribution in [2.75, 3.05) is 18.0 Å². The van der Waals surface area contributed by atoms with Gasteiger partial charge in [-0.3, -0.25) is 5.11 Å². The summed E-state index contributed by atoms with van der Waals surface area (Å²) in [6.07, 6.45) is -4.65. The summed E-state index contributed by atoms with van der Waals surface area (Å²) >= 11 is 1.40. The van der Waals surface area contributed by atoms with Gasteiger partial charge in [0.15, 0.2) is 5.75 Å². The first-order valence-electron chi connectivity index (χ1n) is 9.16. The molecule has 1 aliphatic rings. The molecule has 0 spiro atoms. The number of aromatic nitrogens is 1. The fraction of sp³-hybridized carbons (Fsp3) is 0.350. The van der Waals surface area contributed by atoms with Crippen LogP contribution in [0.25, 0.3) is 10.2 Å². The standard InChI is InChI=1S/C20H16F5N2O2S/c21-19(22,20(23,24)25)12-1-3-14(4-2-12)29-15-5-7-27(8-6-15)16-9-13(28)10-17-18(16)26-11-30-17/h1-4,9-11,15H,5-8H2. The van der Waals surface area contributed by atoms with E-state index in [2.05, 4.69) is 9.88 Å². The molecule has 30 heavy (non-hydrogen) atoms. The van der Waals surface area contributed by atoms with E-state index >= 15 is 0 Å². The van der Waals surface area contributed by atoms with Gasteiger partial charge in [0.05, 0.1) is 15.9 Å². The van der Waals surface area contributed by atoms with Crippen LogP contribution in [0.5, 0.6) is 11.5 Å². The number of hydrogen-bond acceptors (Lipinski definition) is 4. The summed E-state index contributed by atoms with van der Waals surface area (Å²) in [7, 11) is 0. The van der Waals surface area contributed by atoms with Gasteiger partial charge < -0.3 is 9.64 Å². The van der Waals surface area contributed by atoms with Crippen molar-refractivity contribution in [3.05, 3.63) is 47.5 Å². The first kappa shape index (κ1) is 20.6. The lowest BCUT2D eigenvalue weighted by atomic mass is 10.1. The molecule has 0 N–H and O–H groups in total. The lowest BCUT2D eigenvalue weighted by Gasteiger charge is -2.33. The fourth-order valence-electron chi connectivity index (χ4n) is 3.48. The highest BCUT2D eigenvalue weighted by molar-refractivity contribution is 7.16. The van der Waals surface area contributed by atoms with Crippen molar-refractivity contribution in [3.8, 4) is 11.5 Å². The van der Waals surface area contributed by atoms with E-state index < -0.39 is 17.7 Å². The predicted octanol–water partition coefficient (Wildman–Crippen LogP) is 6.14. The molecule has 2 aromatic carbocycles. The highest BCUT2D eigenvalue weighted by atomic mass is 32.1. The van der Waals surface area contributed by atoms with Crippen LogP contribution < -0.4 is 9.64 Å². The second-order valence-electron chi connectivity index (χ2n) is 7.04. The molecule has 3 aromatic rings. The number of benzene rings is 2. The average molecular weight is 443 g/mol. The van der Waals surface area contributed by atoms with Crippen LogP contribution in [0.2, 0.25) is 0 Å². The average Bonchev–Trinajstić information content (AvgIpc) is 3.16. The third kappa shape index (κ3) is 3.88. The Bertz CT molecular complexity index is 1030. The Kier molecular flexibility index (Phi) is 5.21. The number of thiazole rings is 1. The molecule has 1 aromatic heterocycles. The number of hydrogen-bond donors (Lipinski definition) is 0. The maximum atomic E-state index is 13.4. The van der Waals surface area contributed by atoms with E-state index in [-0.39, 0.29) is 17.6 Å². The van der Waals surface area contributed by atoms with Crippen LogP contribution in [0.4, 0.5) is 27.6 Å². The zero-order chi connectivity index (χ0) is 21.5. The van der Waals surface area contributed by atoms with Gasteiger partial charge in [-0.05, 0) is 24.3 Å². The van der Waals surface area contributed by atoms with Gasteiger partial charge in [-0.2, -0.15) is 22.0 Å². The molecule has 0 saturated carbocycles. The van der Waals surface area contributed by atoms with E-state index in [1.807, 2.05) is 0 Å². The highest BCUT2D eigenvalue weighted by Crippen LogP contribution is 2.44. The SMILES string of the molecule is [O]c1cc(N2CCC(Oc3ccc(C(F)(F)C(F)(F)F)cc3)CC2)c2ncsc2c1. The first-order valence-corrected chi connectivity index (χ1v) is 10.0. The Labute approximate surface area is 172 Å². The number of alkyl halides is 5. The van der Waals surface area contributed by atoms with Gasteiger partial charge in [0.25, 0.3) is 0 Å². The Morgan fingerprint density at radius 1 is 1.03 bits per heavy atom. The quantitative estimate of drug-likeness (QED) is 0.455. The molecule has 0 atom stereocenters. The van der Waals surface area contributed by atoms with Gasteiger partial charge in [-0.1, -0.05) is 0 Å². The molecule has 159 valence electrons. The van der Waals surface area contributed by atoms with Crippen molar-refractivity contribution in [2.45, 2.75) is 31.0 Å². The summed E-state index contributed by atoms with van der Waals surface area (Å²) in [5.41, 5.74) is 2.12. The summed E-state index contributed by atoms with van der Waals surface area (Å²) in [4.78, 5) is 6.38. The molecular formula is C20H16F5N2O2S. The molecular weight excluding hydrogens is 427 g/mol. The minimum absolute atomic E-state index is 0.0872. The second-order valence-corrected chi connectivity index (χ2v) is 7.93. The number of ether oxygens (including phenoxy) is 1. The molecule has 4 nitrogen and oxygen atoms in total. The van der Waals surface area contributed by atoms with Crippen LogP contribution in [0.15, 0.2) is 41.9 Å². The Balaban J connectivity index is 1.40. The molecule has 2 heterocycles. The van der Waals surface area contributed by atoms with Crippen molar-refractivity contribution in [2.24, 2.45) is 0 Å². The van der Waals surface area contributed by atoms with Crippen molar-refractivity contribution < 1.29 is 31.8 Å². The topological polar surface area (TPSA) is 45.3 Å². The molecule has 1 radical (unpaired) electrons. The van der Waals surface area contributed by atoms with Gasteiger partial charge in [0.1, 0.15) is 17.4 Å². The van der Waals surface area contributed by atoms with Crippen molar-refractivity contribution in [3.63, 3.8) is 0 Å². The monoisotopic (exact) mass is 443 g/mol. The van der Waals surface area contributed by atoms with E-state index in [4.69, 9.17) is 4.74 Å². The van der Waals surface area contributed by atoms with Gasteiger partial charge in [-0.25, -0.2) is 4.98 Å². The number of anilines is 1. The van der Waals surface area contributed by atoms with Gasteiger partial charge in [0.2, 0.25) is 0 Å². The minimum atomic E-state index is -5.65. The minimum Gasteiger partial charge on any atom is -0.490 e. The lowest BCUT2D eigenvalue weighted by Crippen LogP contribution is -2.38. The molecule has 1 aliphatic heterocycles. The van der Waals surface area contributed by atoms with Gasteiger partial charge in [-0.15, -0.1) is 11.3 Å². The molecule has 0 bridgehead atoms.